The third kappa shape index (κ3) is 4.54. The molecule has 5 nitrogen and oxygen atoms in total. The van der Waals surface area contributed by atoms with Gasteiger partial charge in [-0.3, -0.25) is 4.79 Å². The predicted octanol–water partition coefficient (Wildman–Crippen LogP) is 3.26. The first-order valence-corrected chi connectivity index (χ1v) is 10.7. The molecule has 1 aliphatic heterocycles. The van der Waals surface area contributed by atoms with Crippen molar-refractivity contribution in [3.63, 3.8) is 0 Å². The number of benzene rings is 1. The molecule has 0 spiro atoms. The van der Waals surface area contributed by atoms with Gasteiger partial charge in [0.15, 0.2) is 11.6 Å². The summed E-state index contributed by atoms with van der Waals surface area (Å²) in [6.07, 6.45) is -5.21. The fourth-order valence-electron chi connectivity index (χ4n) is 3.44. The Morgan fingerprint density at radius 3 is 2.55 bits per heavy atom. The number of amides is 1. The number of thioether (sulfide) groups is 1. The second kappa shape index (κ2) is 8.60. The molecule has 3 rings (SSSR count). The van der Waals surface area contributed by atoms with Gasteiger partial charge < -0.3 is 20.1 Å². The number of rotatable bonds is 5. The minimum atomic E-state index is -4.66. The van der Waals surface area contributed by atoms with Crippen LogP contribution >= 0.6 is 23.1 Å². The molecule has 2 aromatic rings. The topological polar surface area (TPSA) is 78.8 Å². The number of methoxy groups -OCH3 is 1. The van der Waals surface area contributed by atoms with E-state index in [0.717, 1.165) is 37.5 Å². The van der Waals surface area contributed by atoms with Gasteiger partial charge >= 0.3 is 13.3 Å². The van der Waals surface area contributed by atoms with Crippen LogP contribution in [0.4, 0.5) is 27.6 Å². The van der Waals surface area contributed by atoms with Crippen molar-refractivity contribution >= 4 is 46.6 Å². The van der Waals surface area contributed by atoms with Crippen LogP contribution in [-0.2, 0) is 4.79 Å². The summed E-state index contributed by atoms with van der Waals surface area (Å²) in [5.41, 5.74) is 0.133. The average molecular weight is 481 g/mol. The lowest BCUT2D eigenvalue weighted by Crippen LogP contribution is -2.37. The summed E-state index contributed by atoms with van der Waals surface area (Å²) in [7, 11) is -0.696. The minimum Gasteiger partial charge on any atom is -0.493 e. The van der Waals surface area contributed by atoms with E-state index in [4.69, 9.17) is 4.74 Å². The summed E-state index contributed by atoms with van der Waals surface area (Å²) in [6, 6.07) is 3.18. The van der Waals surface area contributed by atoms with Crippen LogP contribution in [0.25, 0.3) is 0 Å². The third-order valence-electron chi connectivity index (χ3n) is 5.05. The largest absolute Gasteiger partial charge is 0.499 e. The number of ether oxygens (including phenoxy) is 1. The number of nitrogens with one attached hydrogen (secondary N) is 1. The van der Waals surface area contributed by atoms with E-state index < -0.39 is 58.9 Å². The molecule has 0 aliphatic carbocycles. The van der Waals surface area contributed by atoms with Gasteiger partial charge in [-0.1, -0.05) is 6.07 Å². The van der Waals surface area contributed by atoms with E-state index in [1.165, 1.54) is 11.4 Å². The van der Waals surface area contributed by atoms with Crippen LogP contribution in [-0.4, -0.2) is 46.4 Å². The predicted molar refractivity (Wildman–Crippen MR) is 109 cm³/mol. The van der Waals surface area contributed by atoms with Gasteiger partial charge in [0.05, 0.1) is 18.0 Å². The quantitative estimate of drug-likeness (QED) is 0.452. The lowest BCUT2D eigenvalue weighted by atomic mass is 9.85. The average Bonchev–Trinajstić information content (AvgIpc) is 3.29. The summed E-state index contributed by atoms with van der Waals surface area (Å²) in [5.74, 6) is -5.02. The zero-order chi connectivity index (χ0) is 23.1. The molecular weight excluding hydrogens is 464 g/mol. The summed E-state index contributed by atoms with van der Waals surface area (Å²) in [5, 5.41) is 20.9. The summed E-state index contributed by atoms with van der Waals surface area (Å²) in [6.45, 7) is 0.953. The van der Waals surface area contributed by atoms with Crippen molar-refractivity contribution in [2.45, 2.75) is 35.4 Å². The molecule has 2 heterocycles. The maximum atomic E-state index is 14.2. The molecule has 0 radical (unpaired) electrons. The van der Waals surface area contributed by atoms with E-state index in [9.17, 15) is 36.8 Å². The van der Waals surface area contributed by atoms with Crippen LogP contribution in [0, 0.1) is 11.6 Å². The maximum absolute atomic E-state index is 14.2. The molecule has 1 aliphatic rings. The molecule has 0 saturated carbocycles. The van der Waals surface area contributed by atoms with Gasteiger partial charge in [-0.25, -0.2) is 4.39 Å². The molecule has 3 atom stereocenters. The molecule has 31 heavy (non-hydrogen) atoms. The first-order valence-electron chi connectivity index (χ1n) is 8.90. The fraction of sp³-hybridized carbons (Fsp3) is 0.389. The summed E-state index contributed by atoms with van der Waals surface area (Å²) < 4.78 is 71.8. The molecule has 1 aromatic heterocycles. The van der Waals surface area contributed by atoms with Crippen molar-refractivity contribution in [3.8, 4) is 5.75 Å². The standard InChI is InChI=1S/C18H17BF5NO4S2/c1-17(18(22,23)24)6-10(9-3-4-11(20)13(21)14(9)29-2)15(31-17)16(26)25-8-5-12(19(27)28)30-7-8/h3-5,7,10,15,27-28H,6H2,1-2H3,(H,25,26)/t10-,15+,17+/m0/s1. The Morgan fingerprint density at radius 2 is 2.00 bits per heavy atom. The molecule has 1 saturated heterocycles. The van der Waals surface area contributed by atoms with Gasteiger partial charge in [-0.15, -0.1) is 11.8 Å². The molecular formula is C18H17BF5NO4S2. The molecule has 3 N–H and O–H groups in total. The Kier molecular flexibility index (Phi) is 6.61. The highest BCUT2D eigenvalue weighted by atomic mass is 32.2. The number of thiophene rings is 1. The summed E-state index contributed by atoms with van der Waals surface area (Å²) >= 11 is 1.33. The van der Waals surface area contributed by atoms with Gasteiger partial charge in [0.25, 0.3) is 0 Å². The normalized spacial score (nSPS) is 23.6. The van der Waals surface area contributed by atoms with Crippen molar-refractivity contribution in [1.29, 1.82) is 0 Å². The van der Waals surface area contributed by atoms with Crippen LogP contribution in [0.3, 0.4) is 0 Å². The maximum Gasteiger partial charge on any atom is 0.499 e. The molecule has 168 valence electrons. The number of carbonyl (C=O) groups is 1. The summed E-state index contributed by atoms with van der Waals surface area (Å²) in [4.78, 5) is 12.9. The number of hydrogen-bond acceptors (Lipinski definition) is 6. The van der Waals surface area contributed by atoms with Gasteiger partial charge in [0, 0.05) is 21.6 Å². The van der Waals surface area contributed by atoms with E-state index in [1.54, 1.807) is 0 Å². The SMILES string of the molecule is COc1c([C@@H]2C[C@](C)(C(F)(F)F)S[C@H]2C(=O)Nc2csc(B(O)O)c2)ccc(F)c1F. The van der Waals surface area contributed by atoms with E-state index in [2.05, 4.69) is 5.32 Å². The first kappa shape index (κ1) is 23.8. The zero-order valence-corrected chi connectivity index (χ0v) is 17.8. The Labute approximate surface area is 182 Å². The number of anilines is 1. The Balaban J connectivity index is 1.99. The van der Waals surface area contributed by atoms with Gasteiger partial charge in [0.1, 0.15) is 4.75 Å². The number of alkyl halides is 3. The smallest absolute Gasteiger partial charge is 0.493 e. The highest BCUT2D eigenvalue weighted by Crippen LogP contribution is 2.59. The van der Waals surface area contributed by atoms with Crippen molar-refractivity contribution in [1.82, 2.24) is 0 Å². The van der Waals surface area contributed by atoms with E-state index in [1.807, 2.05) is 0 Å². The molecule has 0 bridgehead atoms. The Morgan fingerprint density at radius 1 is 1.32 bits per heavy atom. The van der Waals surface area contributed by atoms with Crippen LogP contribution in [0.5, 0.6) is 5.75 Å². The molecule has 1 fully saturated rings. The Bertz CT molecular complexity index is 986. The minimum absolute atomic E-state index is 0.0428. The monoisotopic (exact) mass is 481 g/mol. The third-order valence-corrected chi connectivity index (χ3v) is 7.73. The van der Waals surface area contributed by atoms with Crippen molar-refractivity contribution < 1.29 is 41.5 Å². The molecule has 1 aromatic carbocycles. The lowest BCUT2D eigenvalue weighted by Gasteiger charge is -2.26. The van der Waals surface area contributed by atoms with Crippen molar-refractivity contribution in [3.05, 3.63) is 40.8 Å². The van der Waals surface area contributed by atoms with Crippen LogP contribution in [0.1, 0.15) is 24.8 Å². The lowest BCUT2D eigenvalue weighted by molar-refractivity contribution is -0.155. The first-order chi connectivity index (χ1) is 14.4. The molecule has 1 amide bonds. The van der Waals surface area contributed by atoms with Crippen molar-refractivity contribution in [2.75, 3.05) is 12.4 Å². The molecule has 13 heteroatoms. The fourth-order valence-corrected chi connectivity index (χ4v) is 5.69. The highest BCUT2D eigenvalue weighted by molar-refractivity contribution is 8.02. The van der Waals surface area contributed by atoms with E-state index in [0.29, 0.717) is 11.8 Å². The highest BCUT2D eigenvalue weighted by Gasteiger charge is 2.60. The number of carbonyl (C=O) groups excluding carboxylic acids is 1. The van der Waals surface area contributed by atoms with Crippen LogP contribution in [0.2, 0.25) is 0 Å². The van der Waals surface area contributed by atoms with Crippen molar-refractivity contribution in [2.24, 2.45) is 0 Å². The molecule has 0 unspecified atom stereocenters. The zero-order valence-electron chi connectivity index (χ0n) is 16.2. The van der Waals surface area contributed by atoms with E-state index >= 15 is 0 Å². The van der Waals surface area contributed by atoms with Gasteiger partial charge in [-0.05, 0) is 25.5 Å². The van der Waals surface area contributed by atoms with Gasteiger partial charge in [0.2, 0.25) is 11.7 Å². The second-order valence-electron chi connectivity index (χ2n) is 7.16. The second-order valence-corrected chi connectivity index (χ2v) is 9.75. The number of halogens is 5. The number of hydrogen-bond donors (Lipinski definition) is 3. The van der Waals surface area contributed by atoms with Crippen LogP contribution < -0.4 is 14.8 Å². The van der Waals surface area contributed by atoms with Crippen LogP contribution in [0.15, 0.2) is 23.6 Å². The van der Waals surface area contributed by atoms with E-state index in [-0.39, 0.29) is 16.0 Å². The van der Waals surface area contributed by atoms with Gasteiger partial charge in [-0.2, -0.15) is 28.9 Å². The Hall–Kier alpha value is -1.83.